The Labute approximate surface area is 190 Å². The van der Waals surface area contributed by atoms with Gasteiger partial charge in [0.2, 0.25) is 5.88 Å². The second-order valence-corrected chi connectivity index (χ2v) is 7.75. The molecule has 4 rings (SSSR count). The van der Waals surface area contributed by atoms with Crippen LogP contribution in [-0.4, -0.2) is 47.1 Å². The van der Waals surface area contributed by atoms with Crippen LogP contribution in [0, 0.1) is 0 Å². The number of ether oxygens (including phenoxy) is 1. The first-order valence-electron chi connectivity index (χ1n) is 10.7. The lowest BCUT2D eigenvalue weighted by Crippen LogP contribution is -2.26. The Morgan fingerprint density at radius 3 is 2.82 bits per heavy atom. The number of H-pyrrole nitrogens is 1. The van der Waals surface area contributed by atoms with Crippen LogP contribution in [0.1, 0.15) is 18.9 Å². The van der Waals surface area contributed by atoms with Crippen molar-refractivity contribution in [2.75, 3.05) is 11.9 Å². The van der Waals surface area contributed by atoms with E-state index in [2.05, 4.69) is 31.9 Å². The fourth-order valence-electron chi connectivity index (χ4n) is 3.51. The summed E-state index contributed by atoms with van der Waals surface area (Å²) >= 11 is 0. The van der Waals surface area contributed by atoms with Crippen molar-refractivity contribution in [1.29, 1.82) is 0 Å². The molecular formula is C23H27N7O3. The number of allylic oxidation sites excluding steroid dienone is 1. The molecule has 0 bridgehead atoms. The Balaban J connectivity index is 1.70. The number of benzene rings is 1. The molecule has 0 aliphatic carbocycles. The highest BCUT2D eigenvalue weighted by atomic mass is 16.5. The summed E-state index contributed by atoms with van der Waals surface area (Å²) in [5.74, 6) is 1.38. The predicted molar refractivity (Wildman–Crippen MR) is 126 cm³/mol. The topological polar surface area (TPSA) is 123 Å². The van der Waals surface area contributed by atoms with Gasteiger partial charge >= 0.3 is 5.69 Å². The summed E-state index contributed by atoms with van der Waals surface area (Å²) in [6.45, 7) is 6.34. The van der Waals surface area contributed by atoms with Gasteiger partial charge in [-0.05, 0) is 18.9 Å². The Kier molecular flexibility index (Phi) is 6.55. The van der Waals surface area contributed by atoms with Gasteiger partial charge in [-0.1, -0.05) is 36.4 Å². The van der Waals surface area contributed by atoms with Crippen LogP contribution in [0.2, 0.25) is 0 Å². The number of nitrogens with zero attached hydrogens (tertiary/aromatic N) is 5. The van der Waals surface area contributed by atoms with Gasteiger partial charge in [0.15, 0.2) is 17.3 Å². The van der Waals surface area contributed by atoms with Crippen LogP contribution in [0.15, 0.2) is 53.8 Å². The molecule has 0 saturated heterocycles. The van der Waals surface area contributed by atoms with Gasteiger partial charge in [-0.2, -0.15) is 4.98 Å². The molecule has 0 aliphatic heterocycles. The average molecular weight is 450 g/mol. The van der Waals surface area contributed by atoms with Gasteiger partial charge in [-0.15, -0.1) is 11.7 Å². The first-order chi connectivity index (χ1) is 16.0. The SMILES string of the molecule is C=CCn1c(=O)nc(NC(C)CCO)c2[nH]c(-c3cc(OCc4ccccc4)nn3C)nc21. The van der Waals surface area contributed by atoms with Crippen LogP contribution < -0.4 is 15.7 Å². The monoisotopic (exact) mass is 449 g/mol. The van der Waals surface area contributed by atoms with Gasteiger partial charge in [0.05, 0.1) is 0 Å². The van der Waals surface area contributed by atoms with Crippen LogP contribution in [0.25, 0.3) is 22.7 Å². The van der Waals surface area contributed by atoms with Crippen LogP contribution in [0.5, 0.6) is 5.88 Å². The fraction of sp³-hybridized carbons (Fsp3) is 0.304. The van der Waals surface area contributed by atoms with Crippen molar-refractivity contribution in [3.63, 3.8) is 0 Å². The highest BCUT2D eigenvalue weighted by molar-refractivity contribution is 5.85. The molecule has 0 fully saturated rings. The maximum atomic E-state index is 12.6. The van der Waals surface area contributed by atoms with E-state index in [4.69, 9.17) is 4.74 Å². The molecule has 3 aromatic heterocycles. The fourth-order valence-corrected chi connectivity index (χ4v) is 3.51. The molecule has 10 heteroatoms. The number of imidazole rings is 1. The van der Waals surface area contributed by atoms with Gasteiger partial charge in [0.25, 0.3) is 0 Å². The van der Waals surface area contributed by atoms with Crippen molar-refractivity contribution in [2.45, 2.75) is 32.5 Å². The van der Waals surface area contributed by atoms with Crippen molar-refractivity contribution in [3.05, 3.63) is 65.1 Å². The molecule has 0 saturated carbocycles. The van der Waals surface area contributed by atoms with Gasteiger partial charge in [0.1, 0.15) is 17.8 Å². The molecule has 3 heterocycles. The highest BCUT2D eigenvalue weighted by Gasteiger charge is 2.19. The van der Waals surface area contributed by atoms with Crippen molar-refractivity contribution in [3.8, 4) is 17.4 Å². The molecule has 33 heavy (non-hydrogen) atoms. The lowest BCUT2D eigenvalue weighted by Gasteiger charge is -2.14. The Bertz CT molecular complexity index is 1310. The maximum Gasteiger partial charge on any atom is 0.351 e. The van der Waals surface area contributed by atoms with E-state index in [1.807, 2.05) is 37.3 Å². The number of aromatic amines is 1. The van der Waals surface area contributed by atoms with Crippen LogP contribution >= 0.6 is 0 Å². The second-order valence-electron chi connectivity index (χ2n) is 7.75. The van der Waals surface area contributed by atoms with Gasteiger partial charge in [-0.3, -0.25) is 9.25 Å². The third kappa shape index (κ3) is 4.80. The van der Waals surface area contributed by atoms with Crippen LogP contribution in [-0.2, 0) is 20.2 Å². The standard InChI is InChI=1S/C23H27N7O3/c1-4-11-30-22-19(21(27-23(30)32)24-15(2)10-12-31)25-20(26-22)17-13-18(28-29(17)3)33-14-16-8-6-5-7-9-16/h4-9,13,15,31H,1,10-12,14H2,2-3H3,(H,25,26)(H,24,27,32). The van der Waals surface area contributed by atoms with E-state index in [1.165, 1.54) is 4.57 Å². The molecule has 10 nitrogen and oxygen atoms in total. The zero-order valence-electron chi connectivity index (χ0n) is 18.7. The van der Waals surface area contributed by atoms with Gasteiger partial charge in [0, 0.05) is 32.3 Å². The quantitative estimate of drug-likeness (QED) is 0.318. The van der Waals surface area contributed by atoms with Gasteiger partial charge < -0.3 is 20.1 Å². The molecule has 0 aliphatic rings. The summed E-state index contributed by atoms with van der Waals surface area (Å²) in [5.41, 5.74) is 2.35. The van der Waals surface area contributed by atoms with Crippen molar-refractivity contribution in [2.24, 2.45) is 7.05 Å². The smallest absolute Gasteiger partial charge is 0.351 e. The Hall–Kier alpha value is -3.92. The lowest BCUT2D eigenvalue weighted by molar-refractivity contribution is 0.282. The maximum absolute atomic E-state index is 12.6. The van der Waals surface area contributed by atoms with E-state index in [9.17, 15) is 9.90 Å². The zero-order chi connectivity index (χ0) is 23.4. The van der Waals surface area contributed by atoms with Crippen molar-refractivity contribution < 1.29 is 9.84 Å². The summed E-state index contributed by atoms with van der Waals surface area (Å²) in [6, 6.07) is 11.6. The molecule has 3 N–H and O–H groups in total. The number of aliphatic hydroxyl groups is 1. The average Bonchev–Trinajstić information content (AvgIpc) is 3.39. The van der Waals surface area contributed by atoms with Gasteiger partial charge in [-0.25, -0.2) is 9.78 Å². The van der Waals surface area contributed by atoms with Crippen molar-refractivity contribution >= 4 is 17.0 Å². The lowest BCUT2D eigenvalue weighted by atomic mass is 10.2. The number of fused-ring (bicyclic) bond motifs is 1. The summed E-state index contributed by atoms with van der Waals surface area (Å²) in [4.78, 5) is 24.8. The number of hydrogen-bond acceptors (Lipinski definition) is 7. The number of nitrogens with one attached hydrogen (secondary N) is 2. The number of aromatic nitrogens is 6. The minimum Gasteiger partial charge on any atom is -0.472 e. The minimum absolute atomic E-state index is 0.0276. The molecule has 0 radical (unpaired) electrons. The molecule has 4 aromatic rings. The van der Waals surface area contributed by atoms with E-state index >= 15 is 0 Å². The third-order valence-corrected chi connectivity index (χ3v) is 5.20. The molecule has 1 aromatic carbocycles. The first-order valence-corrected chi connectivity index (χ1v) is 10.7. The molecule has 1 atom stereocenters. The summed E-state index contributed by atoms with van der Waals surface area (Å²) < 4.78 is 8.96. The molecule has 0 amide bonds. The number of hydrogen-bond donors (Lipinski definition) is 3. The van der Waals surface area contributed by atoms with E-state index < -0.39 is 5.69 Å². The zero-order valence-corrected chi connectivity index (χ0v) is 18.7. The van der Waals surface area contributed by atoms with E-state index in [1.54, 1.807) is 23.9 Å². The summed E-state index contributed by atoms with van der Waals surface area (Å²) in [5, 5.41) is 16.8. The summed E-state index contributed by atoms with van der Waals surface area (Å²) in [6.07, 6.45) is 2.14. The van der Waals surface area contributed by atoms with Crippen LogP contribution in [0.3, 0.4) is 0 Å². The largest absolute Gasteiger partial charge is 0.472 e. The third-order valence-electron chi connectivity index (χ3n) is 5.20. The molecular weight excluding hydrogens is 422 g/mol. The number of anilines is 1. The Morgan fingerprint density at radius 2 is 2.09 bits per heavy atom. The number of rotatable bonds is 10. The first kappa shape index (κ1) is 22.3. The minimum atomic E-state index is -0.434. The molecule has 1 unspecified atom stereocenters. The molecule has 0 spiro atoms. The number of aliphatic hydroxyl groups excluding tert-OH is 1. The van der Waals surface area contributed by atoms with Crippen LogP contribution in [0.4, 0.5) is 5.82 Å². The van der Waals surface area contributed by atoms with E-state index in [0.717, 1.165) is 5.56 Å². The van der Waals surface area contributed by atoms with E-state index in [-0.39, 0.29) is 19.2 Å². The highest BCUT2D eigenvalue weighted by Crippen LogP contribution is 2.26. The Morgan fingerprint density at radius 1 is 1.30 bits per heavy atom. The number of aryl methyl sites for hydroxylation is 1. The predicted octanol–water partition coefficient (Wildman–Crippen LogP) is 2.47. The second kappa shape index (κ2) is 9.70. The summed E-state index contributed by atoms with van der Waals surface area (Å²) in [7, 11) is 1.80. The molecule has 172 valence electrons. The van der Waals surface area contributed by atoms with Crippen molar-refractivity contribution in [1.82, 2.24) is 29.3 Å². The normalized spacial score (nSPS) is 12.1. The van der Waals surface area contributed by atoms with E-state index in [0.29, 0.717) is 47.4 Å².